The summed E-state index contributed by atoms with van der Waals surface area (Å²) in [7, 11) is 1.63. The summed E-state index contributed by atoms with van der Waals surface area (Å²) in [6.45, 7) is -0.307. The normalized spacial score (nSPS) is 25.7. The van der Waals surface area contributed by atoms with Crippen LogP contribution in [0.15, 0.2) is 23.1 Å². The number of nitrogens with one attached hydrogen (secondary N) is 1. The number of hydrogen-bond acceptors (Lipinski definition) is 4. The van der Waals surface area contributed by atoms with Gasteiger partial charge in [0.2, 0.25) is 5.43 Å². The molecule has 1 aromatic heterocycles. The third-order valence-electron chi connectivity index (χ3n) is 6.62. The molecular weight excluding hydrogens is 415 g/mol. The lowest BCUT2D eigenvalue weighted by atomic mass is 9.99. The predicted octanol–water partition coefficient (Wildman–Crippen LogP) is 1.62. The van der Waals surface area contributed by atoms with Crippen molar-refractivity contribution in [2.45, 2.75) is 25.6 Å². The average molecular weight is 433 g/mol. The zero-order chi connectivity index (χ0) is 22.2. The highest BCUT2D eigenvalue weighted by Gasteiger charge is 2.68. The van der Waals surface area contributed by atoms with Gasteiger partial charge in [0.25, 0.3) is 11.8 Å². The second kappa shape index (κ2) is 6.60. The summed E-state index contributed by atoms with van der Waals surface area (Å²) in [5, 5.41) is 12.6. The summed E-state index contributed by atoms with van der Waals surface area (Å²) in [4.78, 5) is 39.3. The summed E-state index contributed by atoms with van der Waals surface area (Å²) in [6, 6.07) is 0.868. The Labute approximate surface area is 174 Å². The number of pyridine rings is 1. The van der Waals surface area contributed by atoms with Gasteiger partial charge in [-0.15, -0.1) is 0 Å². The maximum Gasteiger partial charge on any atom is 0.274 e. The molecule has 7 nitrogen and oxygen atoms in total. The Morgan fingerprint density at radius 2 is 1.84 bits per heavy atom. The highest BCUT2D eigenvalue weighted by Crippen LogP contribution is 2.70. The van der Waals surface area contributed by atoms with Gasteiger partial charge in [0, 0.05) is 44.0 Å². The zero-order valence-electron chi connectivity index (χ0n) is 16.4. The molecule has 2 N–H and O–H groups in total. The van der Waals surface area contributed by atoms with Gasteiger partial charge in [-0.1, -0.05) is 0 Å². The molecule has 162 valence electrons. The van der Waals surface area contributed by atoms with Gasteiger partial charge in [-0.05, 0) is 24.2 Å². The van der Waals surface area contributed by atoms with Crippen LogP contribution < -0.4 is 10.7 Å². The standard InChI is InChI=1S/C21H18F3N3O4/c1-26-15(16-9-4-10(9)16)7-27-6-12(18(28)19(29)17(27)21(26)31)20(30)25-5-11-13(23)2-8(22)3-14(11)24/h2-3,6,9-10,15-16,29H,4-5,7H2,1H3,(H,25,30)/t9-,10?,15+,16?/m1/s1. The van der Waals surface area contributed by atoms with Crippen LogP contribution in [0.25, 0.3) is 0 Å². The fourth-order valence-electron chi connectivity index (χ4n) is 4.61. The quantitative estimate of drug-likeness (QED) is 0.767. The fourth-order valence-corrected chi connectivity index (χ4v) is 4.61. The molecule has 1 aromatic carbocycles. The summed E-state index contributed by atoms with van der Waals surface area (Å²) < 4.78 is 42.0. The molecule has 2 aliphatic carbocycles. The Hall–Kier alpha value is -3.30. The first-order valence-corrected chi connectivity index (χ1v) is 9.84. The number of carbonyl (C=O) groups excluding carboxylic acids is 2. The number of aromatic nitrogens is 1. The minimum Gasteiger partial charge on any atom is -0.503 e. The molecule has 0 radical (unpaired) electrons. The first-order valence-electron chi connectivity index (χ1n) is 9.84. The SMILES string of the molecule is CN1C(=O)c2c(O)c(=O)c(C(=O)NCc3c(F)cc(F)cc3F)cn2C[C@H]1C1C2C[C@H]21. The van der Waals surface area contributed by atoms with E-state index in [9.17, 15) is 32.7 Å². The van der Waals surface area contributed by atoms with Crippen molar-refractivity contribution >= 4 is 11.8 Å². The molecule has 2 unspecified atom stereocenters. The van der Waals surface area contributed by atoms with Gasteiger partial charge < -0.3 is 19.9 Å². The summed E-state index contributed by atoms with van der Waals surface area (Å²) in [5.41, 5.74) is -2.27. The summed E-state index contributed by atoms with van der Waals surface area (Å²) in [6.07, 6.45) is 2.34. The fraction of sp³-hybridized carbons (Fsp3) is 0.381. The minimum atomic E-state index is -1.18. The van der Waals surface area contributed by atoms with E-state index in [-0.39, 0.29) is 11.7 Å². The van der Waals surface area contributed by atoms with Crippen LogP contribution in [0.3, 0.4) is 0 Å². The van der Waals surface area contributed by atoms with Gasteiger partial charge in [-0.3, -0.25) is 14.4 Å². The number of amides is 2. The average Bonchev–Trinajstić information content (AvgIpc) is 3.60. The van der Waals surface area contributed by atoms with Crippen LogP contribution in [0.2, 0.25) is 0 Å². The second-order valence-electron chi connectivity index (χ2n) is 8.38. The number of hydrogen-bond donors (Lipinski definition) is 2. The molecule has 4 atom stereocenters. The van der Waals surface area contributed by atoms with Crippen LogP contribution in [0.4, 0.5) is 13.2 Å². The van der Waals surface area contributed by atoms with Gasteiger partial charge in [-0.25, -0.2) is 13.2 Å². The van der Waals surface area contributed by atoms with Crippen molar-refractivity contribution in [1.82, 2.24) is 14.8 Å². The van der Waals surface area contributed by atoms with Gasteiger partial charge in [0.05, 0.1) is 6.04 Å². The van der Waals surface area contributed by atoms with Crippen molar-refractivity contribution in [2.75, 3.05) is 7.05 Å². The molecule has 2 saturated carbocycles. The Morgan fingerprint density at radius 1 is 1.19 bits per heavy atom. The van der Waals surface area contributed by atoms with Crippen molar-refractivity contribution in [2.24, 2.45) is 17.8 Å². The van der Waals surface area contributed by atoms with Crippen molar-refractivity contribution in [3.63, 3.8) is 0 Å². The number of fused-ring (bicyclic) bond motifs is 2. The van der Waals surface area contributed by atoms with Gasteiger partial charge in [0.1, 0.15) is 23.0 Å². The molecule has 2 amide bonds. The summed E-state index contributed by atoms with van der Waals surface area (Å²) in [5.74, 6) is -4.18. The van der Waals surface area contributed by atoms with Crippen LogP contribution in [0, 0.1) is 35.2 Å². The van der Waals surface area contributed by atoms with Gasteiger partial charge in [-0.2, -0.15) is 0 Å². The van der Waals surface area contributed by atoms with E-state index in [4.69, 9.17) is 0 Å². The Morgan fingerprint density at radius 3 is 2.42 bits per heavy atom. The van der Waals surface area contributed by atoms with Crippen molar-refractivity contribution in [3.8, 4) is 5.75 Å². The van der Waals surface area contributed by atoms with Crippen molar-refractivity contribution in [1.29, 1.82) is 0 Å². The van der Waals surface area contributed by atoms with E-state index in [1.54, 1.807) is 7.05 Å². The lowest BCUT2D eigenvalue weighted by Crippen LogP contribution is -2.49. The molecule has 5 rings (SSSR count). The molecule has 0 bridgehead atoms. The van der Waals surface area contributed by atoms with Crippen LogP contribution in [-0.2, 0) is 13.1 Å². The Bertz CT molecular complexity index is 1180. The highest BCUT2D eigenvalue weighted by molar-refractivity contribution is 5.99. The lowest BCUT2D eigenvalue weighted by molar-refractivity contribution is 0.0594. The van der Waals surface area contributed by atoms with Crippen molar-refractivity contribution < 1.29 is 27.9 Å². The van der Waals surface area contributed by atoms with Crippen LogP contribution >= 0.6 is 0 Å². The number of aromatic hydroxyl groups is 1. The van der Waals surface area contributed by atoms with E-state index in [1.807, 2.05) is 0 Å². The summed E-state index contributed by atoms with van der Waals surface area (Å²) >= 11 is 0. The first-order chi connectivity index (χ1) is 14.7. The number of benzene rings is 1. The number of likely N-dealkylation sites (N-methyl/N-ethyl adjacent to an activating group) is 1. The third-order valence-corrected chi connectivity index (χ3v) is 6.62. The van der Waals surface area contributed by atoms with E-state index in [1.165, 1.54) is 15.7 Å². The minimum absolute atomic E-state index is 0.0935. The first kappa shape index (κ1) is 19.7. The molecular formula is C21H18F3N3O4. The highest BCUT2D eigenvalue weighted by atomic mass is 19.1. The second-order valence-corrected chi connectivity index (χ2v) is 8.38. The van der Waals surface area contributed by atoms with Crippen molar-refractivity contribution in [3.05, 3.63) is 62.8 Å². The van der Waals surface area contributed by atoms with E-state index < -0.39 is 58.1 Å². The van der Waals surface area contributed by atoms with E-state index in [2.05, 4.69) is 5.32 Å². The number of carbonyl (C=O) groups is 2. The lowest BCUT2D eigenvalue weighted by Gasteiger charge is -2.37. The molecule has 1 aliphatic heterocycles. The number of halogens is 3. The molecule has 31 heavy (non-hydrogen) atoms. The molecule has 2 heterocycles. The third kappa shape index (κ3) is 3.00. The largest absolute Gasteiger partial charge is 0.503 e. The topological polar surface area (TPSA) is 91.6 Å². The number of nitrogens with zero attached hydrogens (tertiary/aromatic N) is 2. The smallest absolute Gasteiger partial charge is 0.274 e. The van der Waals surface area contributed by atoms with E-state index in [0.717, 1.165) is 6.42 Å². The monoisotopic (exact) mass is 433 g/mol. The Kier molecular flexibility index (Phi) is 4.18. The van der Waals surface area contributed by atoms with E-state index in [0.29, 0.717) is 36.4 Å². The van der Waals surface area contributed by atoms with Gasteiger partial charge in [0.15, 0.2) is 11.4 Å². The number of rotatable bonds is 4. The zero-order valence-corrected chi connectivity index (χ0v) is 16.4. The molecule has 2 fully saturated rings. The predicted molar refractivity (Wildman–Crippen MR) is 101 cm³/mol. The molecule has 3 aliphatic rings. The molecule has 10 heteroatoms. The molecule has 0 spiro atoms. The molecule has 0 saturated heterocycles. The van der Waals surface area contributed by atoms with Crippen LogP contribution in [-0.4, -0.2) is 39.5 Å². The van der Waals surface area contributed by atoms with Gasteiger partial charge >= 0.3 is 0 Å². The van der Waals surface area contributed by atoms with Crippen LogP contribution in [0.5, 0.6) is 5.75 Å². The molecule has 2 aromatic rings. The van der Waals surface area contributed by atoms with E-state index >= 15 is 0 Å². The maximum absolute atomic E-state index is 13.8. The maximum atomic E-state index is 13.8. The van der Waals surface area contributed by atoms with Crippen LogP contribution in [0.1, 0.15) is 32.8 Å². The Balaban J connectivity index is 1.43.